The van der Waals surface area contributed by atoms with Crippen molar-refractivity contribution in [3.8, 4) is 0 Å². The molecule has 0 spiro atoms. The van der Waals surface area contributed by atoms with Gasteiger partial charge in [0.15, 0.2) is 0 Å². The summed E-state index contributed by atoms with van der Waals surface area (Å²) in [5, 5.41) is 3.54. The molecule has 3 aromatic rings. The van der Waals surface area contributed by atoms with Gasteiger partial charge in [-0.25, -0.2) is 0 Å². The third-order valence-electron chi connectivity index (χ3n) is 7.61. The predicted molar refractivity (Wildman–Crippen MR) is 129 cm³/mol. The van der Waals surface area contributed by atoms with Crippen molar-refractivity contribution in [3.05, 3.63) is 108 Å². The number of carbonyl (C=O) groups excluding carboxylic acids is 1. The number of hydrogen-bond acceptors (Lipinski definition) is 2. The molecule has 1 saturated heterocycles. The lowest BCUT2D eigenvalue weighted by Crippen LogP contribution is -2.56. The van der Waals surface area contributed by atoms with Crippen molar-refractivity contribution >= 4 is 5.91 Å². The van der Waals surface area contributed by atoms with Crippen molar-refractivity contribution in [2.24, 2.45) is 11.8 Å². The van der Waals surface area contributed by atoms with Crippen LogP contribution >= 0.6 is 0 Å². The number of hydrogen-bond donors (Lipinski definition) is 1. The summed E-state index contributed by atoms with van der Waals surface area (Å²) in [4.78, 5) is 16.5. The molecule has 1 saturated carbocycles. The number of fused-ring (bicyclic) bond motifs is 2. The highest BCUT2D eigenvalue weighted by atomic mass is 16.2. The minimum atomic E-state index is -0.705. The third kappa shape index (κ3) is 3.98. The average Bonchev–Trinajstić information content (AvgIpc) is 3.07. The molecule has 32 heavy (non-hydrogen) atoms. The quantitative estimate of drug-likeness (QED) is 0.603. The molecule has 1 N–H and O–H groups in total. The van der Waals surface area contributed by atoms with Gasteiger partial charge < -0.3 is 5.32 Å². The molecule has 1 aliphatic heterocycles. The minimum absolute atomic E-state index is 0.119. The lowest BCUT2D eigenvalue weighted by Gasteiger charge is -2.40. The molecule has 2 aliphatic rings. The van der Waals surface area contributed by atoms with Crippen molar-refractivity contribution in [1.82, 2.24) is 10.2 Å². The van der Waals surface area contributed by atoms with Crippen LogP contribution in [0.2, 0.25) is 0 Å². The van der Waals surface area contributed by atoms with E-state index in [-0.39, 0.29) is 11.9 Å². The Morgan fingerprint density at radius 3 is 1.78 bits per heavy atom. The van der Waals surface area contributed by atoms with Gasteiger partial charge in [0.2, 0.25) is 5.91 Å². The Kier molecular flexibility index (Phi) is 5.84. The second-order valence-electron chi connectivity index (χ2n) is 9.63. The Balaban J connectivity index is 1.35. The number of likely N-dealkylation sites (tertiary alicyclic amines) is 1. The predicted octanol–water partition coefficient (Wildman–Crippen LogP) is 5.02. The van der Waals surface area contributed by atoms with Crippen LogP contribution in [-0.4, -0.2) is 29.9 Å². The van der Waals surface area contributed by atoms with Crippen LogP contribution in [-0.2, 0) is 16.8 Å². The Bertz CT molecular complexity index is 981. The van der Waals surface area contributed by atoms with Crippen LogP contribution in [0.4, 0.5) is 0 Å². The van der Waals surface area contributed by atoms with Crippen molar-refractivity contribution in [1.29, 1.82) is 0 Å². The molecule has 1 amide bonds. The zero-order chi connectivity index (χ0) is 22.0. The lowest BCUT2D eigenvalue weighted by molar-refractivity contribution is -0.126. The Hall–Kier alpha value is -2.91. The van der Waals surface area contributed by atoms with Gasteiger partial charge in [-0.1, -0.05) is 91.0 Å². The number of amides is 1. The monoisotopic (exact) mass is 424 g/mol. The zero-order valence-corrected chi connectivity index (χ0v) is 18.8. The lowest BCUT2D eigenvalue weighted by atomic mass is 9.75. The third-order valence-corrected chi connectivity index (χ3v) is 7.61. The van der Waals surface area contributed by atoms with Gasteiger partial charge >= 0.3 is 0 Å². The molecule has 2 fully saturated rings. The SMILES string of the molecule is CC(C(=O)NC1C2CCC1CN(Cc1ccccc1)C2)(c1ccccc1)c1ccccc1. The second kappa shape index (κ2) is 8.91. The fourth-order valence-corrected chi connectivity index (χ4v) is 5.79. The molecular formula is C29H32N2O. The van der Waals surface area contributed by atoms with Gasteiger partial charge in [-0.3, -0.25) is 9.69 Å². The minimum Gasteiger partial charge on any atom is -0.352 e. The van der Waals surface area contributed by atoms with Crippen LogP contribution in [0.15, 0.2) is 91.0 Å². The van der Waals surface area contributed by atoms with Crippen molar-refractivity contribution in [2.45, 2.75) is 37.8 Å². The first-order valence-electron chi connectivity index (χ1n) is 11.8. The largest absolute Gasteiger partial charge is 0.352 e. The molecule has 2 bridgehead atoms. The molecule has 3 heteroatoms. The molecule has 3 aromatic carbocycles. The molecule has 0 aromatic heterocycles. The molecule has 1 aliphatic carbocycles. The maximum absolute atomic E-state index is 13.9. The molecule has 1 heterocycles. The van der Waals surface area contributed by atoms with E-state index in [1.165, 1.54) is 18.4 Å². The molecule has 164 valence electrons. The van der Waals surface area contributed by atoms with Gasteiger partial charge in [0, 0.05) is 25.7 Å². The van der Waals surface area contributed by atoms with E-state index in [0.29, 0.717) is 11.8 Å². The molecule has 2 atom stereocenters. The van der Waals surface area contributed by atoms with Gasteiger partial charge in [0.1, 0.15) is 0 Å². The average molecular weight is 425 g/mol. The van der Waals surface area contributed by atoms with Crippen LogP contribution in [0.25, 0.3) is 0 Å². The standard InChI is InChI=1S/C29H32N2O/c1-29(25-13-7-3-8-14-25,26-15-9-4-10-16-26)28(32)30-27-23-17-18-24(27)21-31(20-23)19-22-11-5-2-6-12-22/h2-16,23-24,27H,17-21H2,1H3,(H,30,32). The summed E-state index contributed by atoms with van der Waals surface area (Å²) in [6.45, 7) is 5.19. The van der Waals surface area contributed by atoms with Gasteiger partial charge in [-0.2, -0.15) is 0 Å². The first-order valence-corrected chi connectivity index (χ1v) is 11.8. The highest BCUT2D eigenvalue weighted by molar-refractivity contribution is 5.92. The molecule has 2 unspecified atom stereocenters. The first-order chi connectivity index (χ1) is 15.6. The zero-order valence-electron chi connectivity index (χ0n) is 18.8. The highest BCUT2D eigenvalue weighted by Gasteiger charge is 2.45. The number of rotatable bonds is 6. The Morgan fingerprint density at radius 2 is 1.28 bits per heavy atom. The number of nitrogens with one attached hydrogen (secondary N) is 1. The van der Waals surface area contributed by atoms with E-state index >= 15 is 0 Å². The summed E-state index contributed by atoms with van der Waals surface area (Å²) >= 11 is 0. The smallest absolute Gasteiger partial charge is 0.235 e. The molecule has 0 radical (unpaired) electrons. The van der Waals surface area contributed by atoms with E-state index in [2.05, 4.69) is 71.7 Å². The van der Waals surface area contributed by atoms with E-state index < -0.39 is 5.41 Å². The van der Waals surface area contributed by atoms with Crippen molar-refractivity contribution < 1.29 is 4.79 Å². The van der Waals surface area contributed by atoms with E-state index in [9.17, 15) is 4.79 Å². The Morgan fingerprint density at radius 1 is 0.812 bits per heavy atom. The van der Waals surface area contributed by atoms with Gasteiger partial charge in [0.25, 0.3) is 0 Å². The summed E-state index contributed by atoms with van der Waals surface area (Å²) in [6.07, 6.45) is 2.41. The molecule has 5 rings (SSSR count). The number of carbonyl (C=O) groups is 1. The van der Waals surface area contributed by atoms with Crippen LogP contribution in [0.5, 0.6) is 0 Å². The fraction of sp³-hybridized carbons (Fsp3) is 0.345. The Labute approximate surface area is 191 Å². The van der Waals surface area contributed by atoms with E-state index in [1.807, 2.05) is 36.4 Å². The van der Waals surface area contributed by atoms with E-state index in [1.54, 1.807) is 0 Å². The van der Waals surface area contributed by atoms with Crippen molar-refractivity contribution in [2.75, 3.05) is 13.1 Å². The van der Waals surface area contributed by atoms with Crippen molar-refractivity contribution in [3.63, 3.8) is 0 Å². The number of benzene rings is 3. The summed E-state index contributed by atoms with van der Waals surface area (Å²) in [5.74, 6) is 1.17. The maximum atomic E-state index is 13.9. The fourth-order valence-electron chi connectivity index (χ4n) is 5.79. The summed E-state index contributed by atoms with van der Waals surface area (Å²) < 4.78 is 0. The van der Waals surface area contributed by atoms with Crippen LogP contribution in [0.3, 0.4) is 0 Å². The summed E-state index contributed by atoms with van der Waals surface area (Å²) in [5.41, 5.74) is 2.74. The maximum Gasteiger partial charge on any atom is 0.235 e. The number of nitrogens with zero attached hydrogens (tertiary/aromatic N) is 1. The van der Waals surface area contributed by atoms with E-state index in [0.717, 1.165) is 30.8 Å². The summed E-state index contributed by atoms with van der Waals surface area (Å²) in [7, 11) is 0. The van der Waals surface area contributed by atoms with E-state index in [4.69, 9.17) is 0 Å². The van der Waals surface area contributed by atoms with Crippen LogP contribution in [0.1, 0.15) is 36.5 Å². The second-order valence-corrected chi connectivity index (χ2v) is 9.63. The van der Waals surface area contributed by atoms with Gasteiger partial charge in [-0.05, 0) is 48.3 Å². The topological polar surface area (TPSA) is 32.3 Å². The number of piperidine rings is 1. The normalized spacial score (nSPS) is 23.1. The first kappa shape index (κ1) is 21.0. The summed E-state index contributed by atoms with van der Waals surface area (Å²) in [6, 6.07) is 31.4. The molecular weight excluding hydrogens is 392 g/mol. The van der Waals surface area contributed by atoms with Gasteiger partial charge in [0.05, 0.1) is 5.41 Å². The van der Waals surface area contributed by atoms with Crippen LogP contribution < -0.4 is 5.32 Å². The van der Waals surface area contributed by atoms with Crippen LogP contribution in [0, 0.1) is 11.8 Å². The highest BCUT2D eigenvalue weighted by Crippen LogP contribution is 2.39. The molecule has 3 nitrogen and oxygen atoms in total. The van der Waals surface area contributed by atoms with Gasteiger partial charge in [-0.15, -0.1) is 0 Å².